The number of nitrogens with one attached hydrogen (secondary N) is 1. The largest absolute Gasteiger partial charge is 0.497 e. The highest BCUT2D eigenvalue weighted by atomic mass is 32.2. The zero-order valence-electron chi connectivity index (χ0n) is 13.5. The summed E-state index contributed by atoms with van der Waals surface area (Å²) in [5, 5.41) is 3.58. The van der Waals surface area contributed by atoms with Gasteiger partial charge >= 0.3 is 0 Å². The van der Waals surface area contributed by atoms with Gasteiger partial charge in [0.05, 0.1) is 12.4 Å². The van der Waals surface area contributed by atoms with Crippen LogP contribution in [0.25, 0.3) is 0 Å². The smallest absolute Gasteiger partial charge is 0.119 e. The molecule has 1 aromatic rings. The van der Waals surface area contributed by atoms with Gasteiger partial charge in [-0.2, -0.15) is 0 Å². The third-order valence-electron chi connectivity index (χ3n) is 4.30. The van der Waals surface area contributed by atoms with Crippen LogP contribution < -0.4 is 10.1 Å². The minimum atomic E-state index is -0.776. The molecule has 3 nitrogen and oxygen atoms in total. The standard InChI is InChI=1S/C17H27NO2S/c1-12(2)9-10-21(19)16-8-6-13-5-7-14(20-4)11-15(13)17(16)18-3/h5,7,11-12,16-18H,6,8-10H2,1-4H3. The van der Waals surface area contributed by atoms with Crippen molar-refractivity contribution in [3.05, 3.63) is 29.3 Å². The molecule has 0 saturated carbocycles. The summed E-state index contributed by atoms with van der Waals surface area (Å²) in [5.41, 5.74) is 2.61. The van der Waals surface area contributed by atoms with Gasteiger partial charge in [-0.25, -0.2) is 0 Å². The molecule has 0 saturated heterocycles. The van der Waals surface area contributed by atoms with Crippen molar-refractivity contribution in [2.75, 3.05) is 19.9 Å². The first-order chi connectivity index (χ1) is 10.1. The lowest BCUT2D eigenvalue weighted by molar-refractivity contribution is 0.411. The molecule has 0 bridgehead atoms. The number of aryl methyl sites for hydroxylation is 1. The van der Waals surface area contributed by atoms with Crippen LogP contribution in [0.4, 0.5) is 0 Å². The van der Waals surface area contributed by atoms with Crippen LogP contribution in [0.1, 0.15) is 43.9 Å². The molecular formula is C17H27NO2S. The lowest BCUT2D eigenvalue weighted by atomic mass is 9.87. The Hall–Kier alpha value is -0.870. The second-order valence-corrected chi connectivity index (χ2v) is 7.95. The average Bonchev–Trinajstić information content (AvgIpc) is 2.50. The van der Waals surface area contributed by atoms with Crippen molar-refractivity contribution in [3.8, 4) is 5.75 Å². The molecule has 118 valence electrons. The number of ether oxygens (including phenoxy) is 1. The molecule has 0 aromatic heterocycles. The third-order valence-corrected chi connectivity index (χ3v) is 6.12. The molecule has 0 fully saturated rings. The van der Waals surface area contributed by atoms with Crippen LogP contribution in [0.3, 0.4) is 0 Å². The van der Waals surface area contributed by atoms with Gasteiger partial charge in [0.15, 0.2) is 0 Å². The summed E-state index contributed by atoms with van der Waals surface area (Å²) in [7, 11) is 2.88. The first-order valence-corrected chi connectivity index (χ1v) is 9.16. The normalized spacial score (nSPS) is 22.9. The van der Waals surface area contributed by atoms with E-state index in [4.69, 9.17) is 4.74 Å². The Morgan fingerprint density at radius 1 is 1.43 bits per heavy atom. The van der Waals surface area contributed by atoms with Gasteiger partial charge in [-0.05, 0) is 55.5 Å². The number of methoxy groups -OCH3 is 1. The van der Waals surface area contributed by atoms with Gasteiger partial charge in [-0.3, -0.25) is 4.21 Å². The van der Waals surface area contributed by atoms with Crippen LogP contribution in [0, 0.1) is 5.92 Å². The number of benzene rings is 1. The van der Waals surface area contributed by atoms with E-state index in [2.05, 4.69) is 31.3 Å². The fourth-order valence-corrected chi connectivity index (χ4v) is 4.98. The molecule has 4 heteroatoms. The van der Waals surface area contributed by atoms with Crippen LogP contribution in [0.15, 0.2) is 18.2 Å². The number of fused-ring (bicyclic) bond motifs is 1. The monoisotopic (exact) mass is 309 g/mol. The predicted molar refractivity (Wildman–Crippen MR) is 89.4 cm³/mol. The Kier molecular flexibility index (Phi) is 5.82. The summed E-state index contributed by atoms with van der Waals surface area (Å²) in [6.45, 7) is 4.38. The van der Waals surface area contributed by atoms with E-state index < -0.39 is 10.8 Å². The minimum Gasteiger partial charge on any atom is -0.497 e. The van der Waals surface area contributed by atoms with Crippen molar-refractivity contribution < 1.29 is 8.95 Å². The molecular weight excluding hydrogens is 282 g/mol. The van der Waals surface area contributed by atoms with Crippen molar-refractivity contribution in [2.24, 2.45) is 5.92 Å². The van der Waals surface area contributed by atoms with Crippen LogP contribution in [0.2, 0.25) is 0 Å². The Bertz CT molecular complexity index is 502. The zero-order chi connectivity index (χ0) is 15.4. The molecule has 1 aliphatic rings. The van der Waals surface area contributed by atoms with Gasteiger partial charge in [0.1, 0.15) is 5.75 Å². The van der Waals surface area contributed by atoms with Crippen molar-refractivity contribution in [3.63, 3.8) is 0 Å². The van der Waals surface area contributed by atoms with E-state index in [0.29, 0.717) is 5.92 Å². The zero-order valence-corrected chi connectivity index (χ0v) is 14.3. The second-order valence-electron chi connectivity index (χ2n) is 6.18. The number of rotatable bonds is 6. The maximum absolute atomic E-state index is 12.7. The molecule has 21 heavy (non-hydrogen) atoms. The Labute approximate surface area is 130 Å². The average molecular weight is 309 g/mol. The van der Waals surface area contributed by atoms with E-state index >= 15 is 0 Å². The van der Waals surface area contributed by atoms with Crippen LogP contribution >= 0.6 is 0 Å². The highest BCUT2D eigenvalue weighted by Gasteiger charge is 2.32. The van der Waals surface area contributed by atoms with Crippen molar-refractivity contribution in [1.29, 1.82) is 0 Å². The quantitative estimate of drug-likeness (QED) is 0.877. The Morgan fingerprint density at radius 2 is 2.19 bits per heavy atom. The summed E-state index contributed by atoms with van der Waals surface area (Å²) in [5.74, 6) is 2.29. The van der Waals surface area contributed by atoms with E-state index in [1.54, 1.807) is 7.11 Å². The summed E-state index contributed by atoms with van der Waals surface area (Å²) < 4.78 is 18.0. The molecule has 1 aliphatic carbocycles. The van der Waals surface area contributed by atoms with E-state index in [0.717, 1.165) is 30.8 Å². The third kappa shape index (κ3) is 3.86. The van der Waals surface area contributed by atoms with E-state index in [9.17, 15) is 4.21 Å². The van der Waals surface area contributed by atoms with Crippen LogP contribution in [0.5, 0.6) is 5.75 Å². The predicted octanol–water partition coefficient (Wildman–Crippen LogP) is 3.07. The van der Waals surface area contributed by atoms with Gasteiger partial charge in [0.25, 0.3) is 0 Å². The maximum atomic E-state index is 12.7. The molecule has 1 aromatic carbocycles. The number of hydrogen-bond donors (Lipinski definition) is 1. The van der Waals surface area contributed by atoms with E-state index in [1.165, 1.54) is 11.1 Å². The molecule has 0 radical (unpaired) electrons. The van der Waals surface area contributed by atoms with E-state index in [-0.39, 0.29) is 11.3 Å². The fourth-order valence-electron chi connectivity index (χ4n) is 3.01. The lowest BCUT2D eigenvalue weighted by Gasteiger charge is -2.33. The van der Waals surface area contributed by atoms with Crippen molar-refractivity contribution in [2.45, 2.75) is 44.4 Å². The van der Waals surface area contributed by atoms with Gasteiger partial charge in [0.2, 0.25) is 0 Å². The minimum absolute atomic E-state index is 0.164. The topological polar surface area (TPSA) is 38.3 Å². The highest BCUT2D eigenvalue weighted by Crippen LogP contribution is 2.35. The van der Waals surface area contributed by atoms with Gasteiger partial charge in [-0.1, -0.05) is 19.9 Å². The molecule has 0 spiro atoms. The molecule has 2 rings (SSSR count). The maximum Gasteiger partial charge on any atom is 0.119 e. The SMILES string of the molecule is CNC1c2cc(OC)ccc2CCC1S(=O)CCC(C)C. The molecule has 3 atom stereocenters. The fraction of sp³-hybridized carbons (Fsp3) is 0.647. The van der Waals surface area contributed by atoms with Crippen molar-refractivity contribution in [1.82, 2.24) is 5.32 Å². The van der Waals surface area contributed by atoms with Gasteiger partial charge in [-0.15, -0.1) is 0 Å². The summed E-state index contributed by atoms with van der Waals surface area (Å²) in [6.07, 6.45) is 3.04. The van der Waals surface area contributed by atoms with Gasteiger partial charge in [0, 0.05) is 22.6 Å². The molecule has 0 amide bonds. The molecule has 1 N–H and O–H groups in total. The summed E-state index contributed by atoms with van der Waals surface area (Å²) >= 11 is 0. The highest BCUT2D eigenvalue weighted by molar-refractivity contribution is 7.85. The van der Waals surface area contributed by atoms with Crippen LogP contribution in [-0.2, 0) is 17.2 Å². The van der Waals surface area contributed by atoms with E-state index in [1.807, 2.05) is 13.1 Å². The number of hydrogen-bond acceptors (Lipinski definition) is 3. The summed E-state index contributed by atoms with van der Waals surface area (Å²) in [4.78, 5) is 0. The van der Waals surface area contributed by atoms with Crippen LogP contribution in [-0.4, -0.2) is 29.4 Å². The Balaban J connectivity index is 2.20. The molecule has 0 heterocycles. The lowest BCUT2D eigenvalue weighted by Crippen LogP contribution is -2.37. The summed E-state index contributed by atoms with van der Waals surface area (Å²) in [6, 6.07) is 6.42. The second kappa shape index (κ2) is 7.41. The van der Waals surface area contributed by atoms with Gasteiger partial charge < -0.3 is 10.1 Å². The molecule has 3 unspecified atom stereocenters. The Morgan fingerprint density at radius 3 is 2.81 bits per heavy atom. The first kappa shape index (κ1) is 16.5. The molecule has 0 aliphatic heterocycles. The first-order valence-electron chi connectivity index (χ1n) is 7.78. The van der Waals surface area contributed by atoms with Crippen molar-refractivity contribution >= 4 is 10.8 Å².